The third-order valence-electron chi connectivity index (χ3n) is 5.69. The molecular weight excluding hydrogens is 308 g/mol. The van der Waals surface area contributed by atoms with Crippen LogP contribution in [0.15, 0.2) is 12.1 Å². The molecule has 3 aliphatic rings. The monoisotopic (exact) mass is 336 g/mol. The van der Waals surface area contributed by atoms with Crippen LogP contribution in [-0.2, 0) is 16.0 Å². The second kappa shape index (κ2) is 6.81. The Morgan fingerprint density at radius 2 is 1.96 bits per heavy atom. The summed E-state index contributed by atoms with van der Waals surface area (Å²) in [6.45, 7) is 10.5. The van der Waals surface area contributed by atoms with Crippen LogP contribution in [0.3, 0.4) is 0 Å². The molecule has 0 N–H and O–H groups in total. The van der Waals surface area contributed by atoms with Gasteiger partial charge in [-0.3, -0.25) is 9.80 Å². The van der Waals surface area contributed by atoms with Gasteiger partial charge < -0.3 is 9.47 Å². The van der Waals surface area contributed by atoms with Crippen molar-refractivity contribution in [2.45, 2.75) is 44.4 Å². The van der Waals surface area contributed by atoms with E-state index in [2.05, 4.69) is 28.9 Å². The van der Waals surface area contributed by atoms with Crippen LogP contribution >= 0.6 is 11.3 Å². The molecule has 1 atom stereocenters. The van der Waals surface area contributed by atoms with Crippen LogP contribution in [0.1, 0.15) is 29.0 Å². The minimum atomic E-state index is 0.158. The van der Waals surface area contributed by atoms with Gasteiger partial charge in [0.15, 0.2) is 0 Å². The maximum absolute atomic E-state index is 6.34. The predicted molar refractivity (Wildman–Crippen MR) is 93.0 cm³/mol. The van der Waals surface area contributed by atoms with Crippen molar-refractivity contribution in [3.63, 3.8) is 0 Å². The second-order valence-corrected chi connectivity index (χ2v) is 8.66. The van der Waals surface area contributed by atoms with Crippen LogP contribution in [0.2, 0.25) is 0 Å². The highest BCUT2D eigenvalue weighted by Gasteiger charge is 2.44. The Hall–Kier alpha value is -0.460. The Morgan fingerprint density at radius 3 is 2.65 bits per heavy atom. The topological polar surface area (TPSA) is 24.9 Å². The van der Waals surface area contributed by atoms with E-state index >= 15 is 0 Å². The highest BCUT2D eigenvalue weighted by atomic mass is 32.1. The molecule has 0 saturated carbocycles. The zero-order valence-electron chi connectivity index (χ0n) is 14.1. The van der Waals surface area contributed by atoms with Crippen molar-refractivity contribution < 1.29 is 9.47 Å². The molecule has 4 rings (SSSR count). The molecule has 0 bridgehead atoms. The van der Waals surface area contributed by atoms with Crippen LogP contribution in [0.5, 0.6) is 0 Å². The summed E-state index contributed by atoms with van der Waals surface area (Å²) in [6.07, 6.45) is 3.61. The Balaban J connectivity index is 1.29. The summed E-state index contributed by atoms with van der Waals surface area (Å²) in [4.78, 5) is 8.10. The Labute approximate surface area is 143 Å². The van der Waals surface area contributed by atoms with E-state index in [9.17, 15) is 0 Å². The van der Waals surface area contributed by atoms with E-state index in [-0.39, 0.29) is 5.60 Å². The molecule has 128 valence electrons. The third kappa shape index (κ3) is 3.64. The summed E-state index contributed by atoms with van der Waals surface area (Å²) in [5.74, 6) is 0. The van der Waals surface area contributed by atoms with Gasteiger partial charge in [-0.15, -0.1) is 11.3 Å². The summed E-state index contributed by atoms with van der Waals surface area (Å²) >= 11 is 1.93. The van der Waals surface area contributed by atoms with Crippen molar-refractivity contribution in [2.75, 3.05) is 46.0 Å². The zero-order valence-corrected chi connectivity index (χ0v) is 14.9. The lowest BCUT2D eigenvalue weighted by molar-refractivity contribution is -0.0457. The second-order valence-electron chi connectivity index (χ2n) is 7.29. The summed E-state index contributed by atoms with van der Waals surface area (Å²) < 4.78 is 11.8. The van der Waals surface area contributed by atoms with Crippen LogP contribution in [-0.4, -0.2) is 67.4 Å². The molecule has 4 nitrogen and oxygen atoms in total. The molecule has 3 saturated heterocycles. The standard InChI is InChI=1S/C18H28N2O2S/c1-15-2-3-17(23-15)13-19-6-4-18(5-7-19)12-16(14-22-18)20-8-10-21-11-9-20/h2-3,16H,4-14H2,1H3/t16-/m1/s1. The average molecular weight is 337 g/mol. The fraction of sp³-hybridized carbons (Fsp3) is 0.778. The quantitative estimate of drug-likeness (QED) is 0.847. The number of hydrogen-bond acceptors (Lipinski definition) is 5. The molecular formula is C18H28N2O2S. The first-order valence-electron chi connectivity index (χ1n) is 8.96. The van der Waals surface area contributed by atoms with Gasteiger partial charge in [0.1, 0.15) is 0 Å². The molecule has 3 fully saturated rings. The molecule has 3 aliphatic heterocycles. The molecule has 0 radical (unpaired) electrons. The number of ether oxygens (including phenoxy) is 2. The SMILES string of the molecule is Cc1ccc(CN2CCC3(CC2)C[C@@H](N2CCOCC2)CO3)s1. The van der Waals surface area contributed by atoms with Crippen LogP contribution in [0, 0.1) is 6.92 Å². The third-order valence-corrected chi connectivity index (χ3v) is 6.68. The lowest BCUT2D eigenvalue weighted by atomic mass is 9.87. The van der Waals surface area contributed by atoms with Gasteiger partial charge in [0.25, 0.3) is 0 Å². The van der Waals surface area contributed by atoms with Gasteiger partial charge in [0.2, 0.25) is 0 Å². The minimum Gasteiger partial charge on any atom is -0.379 e. The van der Waals surface area contributed by atoms with Crippen molar-refractivity contribution in [2.24, 2.45) is 0 Å². The summed E-state index contributed by atoms with van der Waals surface area (Å²) in [6, 6.07) is 5.13. The molecule has 0 aromatic carbocycles. The van der Waals surface area contributed by atoms with E-state index in [1.54, 1.807) is 0 Å². The number of piperidine rings is 1. The maximum Gasteiger partial charge on any atom is 0.0723 e. The van der Waals surface area contributed by atoms with E-state index in [0.29, 0.717) is 6.04 Å². The van der Waals surface area contributed by atoms with Crippen molar-refractivity contribution in [1.29, 1.82) is 0 Å². The van der Waals surface area contributed by atoms with Gasteiger partial charge in [-0.05, 0) is 38.3 Å². The van der Waals surface area contributed by atoms with Crippen LogP contribution < -0.4 is 0 Å². The number of morpholine rings is 1. The number of likely N-dealkylation sites (tertiary alicyclic amines) is 1. The van der Waals surface area contributed by atoms with Gasteiger partial charge in [-0.2, -0.15) is 0 Å². The molecule has 5 heteroatoms. The molecule has 23 heavy (non-hydrogen) atoms. The maximum atomic E-state index is 6.34. The Kier molecular flexibility index (Phi) is 4.74. The Morgan fingerprint density at radius 1 is 1.17 bits per heavy atom. The minimum absolute atomic E-state index is 0.158. The van der Waals surface area contributed by atoms with Crippen molar-refractivity contribution in [3.05, 3.63) is 21.9 Å². The van der Waals surface area contributed by atoms with E-state index in [1.165, 1.54) is 42.1 Å². The van der Waals surface area contributed by atoms with E-state index in [4.69, 9.17) is 9.47 Å². The Bertz CT molecular complexity index is 519. The highest BCUT2D eigenvalue weighted by Crippen LogP contribution is 2.38. The molecule has 1 aromatic heterocycles. The van der Waals surface area contributed by atoms with Gasteiger partial charge in [0, 0.05) is 48.5 Å². The first-order valence-corrected chi connectivity index (χ1v) is 9.78. The lowest BCUT2D eigenvalue weighted by Crippen LogP contribution is -2.46. The fourth-order valence-electron chi connectivity index (χ4n) is 4.25. The van der Waals surface area contributed by atoms with Crippen LogP contribution in [0.4, 0.5) is 0 Å². The number of aryl methyl sites for hydroxylation is 1. The largest absolute Gasteiger partial charge is 0.379 e. The number of rotatable bonds is 3. The van der Waals surface area contributed by atoms with Gasteiger partial charge in [-0.25, -0.2) is 0 Å². The number of nitrogens with zero attached hydrogens (tertiary/aromatic N) is 2. The fourth-order valence-corrected chi connectivity index (χ4v) is 5.19. The molecule has 0 amide bonds. The average Bonchev–Trinajstić information content (AvgIpc) is 3.18. The number of hydrogen-bond donors (Lipinski definition) is 0. The molecule has 0 aliphatic carbocycles. The van der Waals surface area contributed by atoms with E-state index < -0.39 is 0 Å². The zero-order chi connectivity index (χ0) is 15.7. The smallest absolute Gasteiger partial charge is 0.0723 e. The summed E-state index contributed by atoms with van der Waals surface area (Å²) in [5, 5.41) is 0. The lowest BCUT2D eigenvalue weighted by Gasteiger charge is -2.39. The highest BCUT2D eigenvalue weighted by molar-refractivity contribution is 7.11. The van der Waals surface area contributed by atoms with Gasteiger partial charge in [0.05, 0.1) is 25.4 Å². The van der Waals surface area contributed by atoms with E-state index in [0.717, 1.165) is 39.5 Å². The molecule has 4 heterocycles. The van der Waals surface area contributed by atoms with Crippen LogP contribution in [0.25, 0.3) is 0 Å². The molecule has 0 unspecified atom stereocenters. The van der Waals surface area contributed by atoms with Crippen molar-refractivity contribution in [3.8, 4) is 0 Å². The molecule has 1 spiro atoms. The summed E-state index contributed by atoms with van der Waals surface area (Å²) in [7, 11) is 0. The van der Waals surface area contributed by atoms with Gasteiger partial charge in [-0.1, -0.05) is 0 Å². The first kappa shape index (κ1) is 16.0. The summed E-state index contributed by atoms with van der Waals surface area (Å²) in [5.41, 5.74) is 0.158. The first-order chi connectivity index (χ1) is 11.2. The predicted octanol–water partition coefficient (Wildman–Crippen LogP) is 2.51. The van der Waals surface area contributed by atoms with Gasteiger partial charge >= 0.3 is 0 Å². The molecule has 1 aromatic rings. The van der Waals surface area contributed by atoms with Crippen molar-refractivity contribution >= 4 is 11.3 Å². The normalized spacial score (nSPS) is 29.3. The van der Waals surface area contributed by atoms with E-state index in [1.807, 2.05) is 11.3 Å². The number of thiophene rings is 1. The van der Waals surface area contributed by atoms with Crippen molar-refractivity contribution in [1.82, 2.24) is 9.80 Å².